The molecule has 1 aromatic heterocycles. The molecule has 4 heteroatoms. The lowest BCUT2D eigenvalue weighted by molar-refractivity contribution is 0.112. The summed E-state index contributed by atoms with van der Waals surface area (Å²) in [5, 5.41) is 4.96. The molecule has 0 saturated carbocycles. The van der Waals surface area contributed by atoms with Crippen LogP contribution in [0.2, 0.25) is 5.02 Å². The summed E-state index contributed by atoms with van der Waals surface area (Å²) >= 11 is 6.07. The van der Waals surface area contributed by atoms with Gasteiger partial charge in [0, 0.05) is 23.4 Å². The Kier molecular flexibility index (Phi) is 3.53. The minimum Gasteiger partial charge on any atom is -0.298 e. The van der Waals surface area contributed by atoms with Gasteiger partial charge in [0.05, 0.1) is 10.7 Å². The third-order valence-corrected chi connectivity index (χ3v) is 3.42. The Morgan fingerprint density at radius 1 is 1.39 bits per heavy atom. The summed E-state index contributed by atoms with van der Waals surface area (Å²) in [6.07, 6.45) is 0.765. The molecule has 0 aliphatic carbocycles. The molecule has 0 unspecified atom stereocenters. The Balaban J connectivity index is 2.58. The van der Waals surface area contributed by atoms with E-state index in [1.54, 1.807) is 6.07 Å². The maximum Gasteiger partial charge on any atom is 0.151 e. The normalized spacial score (nSPS) is 10.7. The van der Waals surface area contributed by atoms with Gasteiger partial charge < -0.3 is 0 Å². The number of carbonyl (C=O) groups is 1. The van der Waals surface area contributed by atoms with Gasteiger partial charge >= 0.3 is 0 Å². The van der Waals surface area contributed by atoms with Gasteiger partial charge in [-0.3, -0.25) is 9.48 Å². The number of aldehydes is 1. The van der Waals surface area contributed by atoms with Crippen LogP contribution < -0.4 is 0 Å². The summed E-state index contributed by atoms with van der Waals surface area (Å²) in [5.41, 5.74) is 4.70. The van der Waals surface area contributed by atoms with Gasteiger partial charge in [0.25, 0.3) is 0 Å². The van der Waals surface area contributed by atoms with E-state index >= 15 is 0 Å². The summed E-state index contributed by atoms with van der Waals surface area (Å²) in [7, 11) is 0. The second-order valence-corrected chi connectivity index (χ2v) is 4.62. The summed E-state index contributed by atoms with van der Waals surface area (Å²) in [6, 6.07) is 5.47. The Labute approximate surface area is 111 Å². The van der Waals surface area contributed by atoms with Crippen LogP contribution in [0.3, 0.4) is 0 Å². The van der Waals surface area contributed by atoms with Crippen LogP contribution >= 0.6 is 11.6 Å². The van der Waals surface area contributed by atoms with E-state index in [1.165, 1.54) is 0 Å². The number of benzene rings is 1. The van der Waals surface area contributed by atoms with E-state index < -0.39 is 0 Å². The molecule has 0 fully saturated rings. The molecule has 0 atom stereocenters. The lowest BCUT2D eigenvalue weighted by Gasteiger charge is -2.05. The zero-order valence-electron chi connectivity index (χ0n) is 10.7. The highest BCUT2D eigenvalue weighted by Gasteiger charge is 2.13. The minimum atomic E-state index is 0.477. The number of carbonyl (C=O) groups excluding carboxylic acids is 1. The second-order valence-electron chi connectivity index (χ2n) is 4.22. The van der Waals surface area contributed by atoms with Gasteiger partial charge in [0.15, 0.2) is 6.29 Å². The van der Waals surface area contributed by atoms with Crippen molar-refractivity contribution < 1.29 is 4.79 Å². The molecule has 0 spiro atoms. The molecule has 1 heterocycles. The number of hydrogen-bond acceptors (Lipinski definition) is 2. The number of halogens is 1. The quantitative estimate of drug-likeness (QED) is 0.792. The maximum atomic E-state index is 10.8. The number of hydrogen-bond donors (Lipinski definition) is 0. The van der Waals surface area contributed by atoms with Gasteiger partial charge in [-0.1, -0.05) is 17.7 Å². The van der Waals surface area contributed by atoms with Gasteiger partial charge in [-0.05, 0) is 38.5 Å². The highest BCUT2D eigenvalue weighted by Crippen LogP contribution is 2.30. The van der Waals surface area contributed by atoms with Crippen molar-refractivity contribution in [1.29, 1.82) is 0 Å². The second kappa shape index (κ2) is 4.94. The highest BCUT2D eigenvalue weighted by molar-refractivity contribution is 6.33. The Morgan fingerprint density at radius 3 is 2.61 bits per heavy atom. The van der Waals surface area contributed by atoms with Gasteiger partial charge in [0.1, 0.15) is 0 Å². The zero-order chi connectivity index (χ0) is 13.3. The van der Waals surface area contributed by atoms with Crippen LogP contribution in [0.5, 0.6) is 0 Å². The van der Waals surface area contributed by atoms with Crippen LogP contribution in [-0.4, -0.2) is 16.1 Å². The summed E-state index contributed by atoms with van der Waals surface area (Å²) in [6.45, 7) is 6.93. The molecule has 18 heavy (non-hydrogen) atoms. The molecule has 0 amide bonds. The van der Waals surface area contributed by atoms with Crippen LogP contribution in [0.1, 0.15) is 28.7 Å². The molecule has 0 bridgehead atoms. The smallest absolute Gasteiger partial charge is 0.151 e. The molecule has 1 aromatic carbocycles. The number of aryl methyl sites for hydroxylation is 2. The molecule has 0 aliphatic heterocycles. The van der Waals surface area contributed by atoms with Crippen molar-refractivity contribution in [2.45, 2.75) is 27.3 Å². The number of aromatic nitrogens is 2. The van der Waals surface area contributed by atoms with Crippen molar-refractivity contribution in [3.8, 4) is 11.1 Å². The molecular formula is C14H15ClN2O. The Hall–Kier alpha value is -1.61. The fraction of sp³-hybridized carbons (Fsp3) is 0.286. The Bertz CT molecular complexity index is 602. The van der Waals surface area contributed by atoms with Gasteiger partial charge in [-0.2, -0.15) is 5.10 Å². The predicted molar refractivity (Wildman–Crippen MR) is 73.2 cm³/mol. The first kappa shape index (κ1) is 12.8. The standard InChI is InChI=1S/C14H15ClN2O/c1-4-17-10(3)14(9(2)16-17)11-5-6-12(8-18)13(15)7-11/h5-8H,4H2,1-3H3. The third kappa shape index (κ3) is 2.06. The lowest BCUT2D eigenvalue weighted by atomic mass is 10.0. The largest absolute Gasteiger partial charge is 0.298 e. The van der Waals surface area contributed by atoms with Crippen LogP contribution in [0.25, 0.3) is 11.1 Å². The van der Waals surface area contributed by atoms with Gasteiger partial charge in [-0.25, -0.2) is 0 Å². The molecule has 0 radical (unpaired) electrons. The van der Waals surface area contributed by atoms with Crippen molar-refractivity contribution in [3.63, 3.8) is 0 Å². The first-order valence-electron chi connectivity index (χ1n) is 5.87. The van der Waals surface area contributed by atoms with E-state index in [-0.39, 0.29) is 0 Å². The van der Waals surface area contributed by atoms with Crippen molar-refractivity contribution >= 4 is 17.9 Å². The first-order chi connectivity index (χ1) is 8.58. The van der Waals surface area contributed by atoms with Crippen LogP contribution in [0.4, 0.5) is 0 Å². The molecule has 0 saturated heterocycles. The van der Waals surface area contributed by atoms with Crippen molar-refractivity contribution in [2.24, 2.45) is 0 Å². The van der Waals surface area contributed by atoms with E-state index in [9.17, 15) is 4.79 Å². The average Bonchev–Trinajstić information content (AvgIpc) is 2.64. The number of rotatable bonds is 3. The van der Waals surface area contributed by atoms with Crippen LogP contribution in [0, 0.1) is 13.8 Å². The molecule has 94 valence electrons. The van der Waals surface area contributed by atoms with E-state index in [0.29, 0.717) is 10.6 Å². The molecule has 0 aliphatic rings. The predicted octanol–water partition coefficient (Wildman–Crippen LogP) is 3.65. The minimum absolute atomic E-state index is 0.477. The monoisotopic (exact) mass is 262 g/mol. The topological polar surface area (TPSA) is 34.9 Å². The summed E-state index contributed by atoms with van der Waals surface area (Å²) in [5.74, 6) is 0. The van der Waals surface area contributed by atoms with E-state index in [2.05, 4.69) is 12.0 Å². The molecular weight excluding hydrogens is 248 g/mol. The molecule has 2 aromatic rings. The first-order valence-corrected chi connectivity index (χ1v) is 6.25. The van der Waals surface area contributed by atoms with Crippen LogP contribution in [0.15, 0.2) is 18.2 Å². The van der Waals surface area contributed by atoms with E-state index in [1.807, 2.05) is 30.7 Å². The van der Waals surface area contributed by atoms with E-state index in [4.69, 9.17) is 11.6 Å². The fourth-order valence-electron chi connectivity index (χ4n) is 2.20. The lowest BCUT2D eigenvalue weighted by Crippen LogP contribution is -1.98. The van der Waals surface area contributed by atoms with Gasteiger partial charge in [0.2, 0.25) is 0 Å². The molecule has 3 nitrogen and oxygen atoms in total. The SMILES string of the molecule is CCn1nc(C)c(-c2ccc(C=O)c(Cl)c2)c1C. The van der Waals surface area contributed by atoms with Gasteiger partial charge in [-0.15, -0.1) is 0 Å². The average molecular weight is 263 g/mol. The maximum absolute atomic E-state index is 10.8. The summed E-state index contributed by atoms with van der Waals surface area (Å²) in [4.78, 5) is 10.8. The zero-order valence-corrected chi connectivity index (χ0v) is 11.5. The van der Waals surface area contributed by atoms with Crippen LogP contribution in [-0.2, 0) is 6.54 Å². The van der Waals surface area contributed by atoms with Crippen molar-refractivity contribution in [1.82, 2.24) is 9.78 Å². The molecule has 2 rings (SSSR count). The summed E-state index contributed by atoms with van der Waals surface area (Å²) < 4.78 is 1.96. The van der Waals surface area contributed by atoms with Crippen molar-refractivity contribution in [3.05, 3.63) is 40.2 Å². The van der Waals surface area contributed by atoms with Crippen molar-refractivity contribution in [2.75, 3.05) is 0 Å². The Morgan fingerprint density at radius 2 is 2.11 bits per heavy atom. The van der Waals surface area contributed by atoms with E-state index in [0.717, 1.165) is 35.3 Å². The number of nitrogens with zero attached hydrogens (tertiary/aromatic N) is 2. The molecule has 0 N–H and O–H groups in total. The fourth-order valence-corrected chi connectivity index (χ4v) is 2.43. The highest BCUT2D eigenvalue weighted by atomic mass is 35.5. The third-order valence-electron chi connectivity index (χ3n) is 3.10.